The molecule has 0 bridgehead atoms. The van der Waals surface area contributed by atoms with Crippen molar-refractivity contribution in [1.29, 1.82) is 0 Å². The molecule has 0 radical (unpaired) electrons. The highest BCUT2D eigenvalue weighted by molar-refractivity contribution is 7.16. The van der Waals surface area contributed by atoms with Gasteiger partial charge in [0.25, 0.3) is 11.6 Å². The molecule has 0 N–H and O–H groups in total. The average molecular weight is 429 g/mol. The highest BCUT2D eigenvalue weighted by Crippen LogP contribution is 2.20. The van der Waals surface area contributed by atoms with Crippen LogP contribution in [-0.2, 0) is 20.9 Å². The number of carbonyl (C=O) groups excluding carboxylic acids is 2. The summed E-state index contributed by atoms with van der Waals surface area (Å²) < 4.78 is 21.1. The first-order valence-corrected chi connectivity index (χ1v) is 9.65. The number of non-ortho nitro benzene ring substituents is 1. The van der Waals surface area contributed by atoms with E-state index in [-0.39, 0.29) is 29.2 Å². The Morgan fingerprint density at radius 2 is 2.00 bits per heavy atom. The molecule has 3 rings (SSSR count). The molecule has 8 nitrogen and oxygen atoms in total. The number of hydrogen-bond acceptors (Lipinski definition) is 6. The van der Waals surface area contributed by atoms with E-state index in [0.29, 0.717) is 10.3 Å². The molecule has 0 aliphatic heterocycles. The number of para-hydroxylation sites is 1. The molecule has 3 aromatic rings. The van der Waals surface area contributed by atoms with E-state index in [9.17, 15) is 24.1 Å². The number of nitro benzene ring substituents is 1. The lowest BCUT2D eigenvalue weighted by Gasteiger charge is -2.05. The normalized spacial score (nSPS) is 11.9. The van der Waals surface area contributed by atoms with Gasteiger partial charge in [0.15, 0.2) is 4.80 Å². The summed E-state index contributed by atoms with van der Waals surface area (Å²) >= 11 is 1.07. The standard InChI is InChI=1S/C20H16FN3O5S/c1-2-29-18(26)12-23-19-15(21)4-3-5-16(19)30-20(23)22-17(25)11-8-13-6-9-14(10-7-13)24(27)28/h3-11H,2,12H2,1H3/b11-8+,22-20?. The van der Waals surface area contributed by atoms with Gasteiger partial charge in [0.2, 0.25) is 0 Å². The third-order valence-electron chi connectivity index (χ3n) is 3.97. The van der Waals surface area contributed by atoms with Gasteiger partial charge in [-0.2, -0.15) is 4.99 Å². The fourth-order valence-corrected chi connectivity index (χ4v) is 3.71. The minimum atomic E-state index is -0.627. The smallest absolute Gasteiger partial charge is 0.326 e. The first-order valence-electron chi connectivity index (χ1n) is 8.83. The number of esters is 1. The summed E-state index contributed by atoms with van der Waals surface area (Å²) in [6.45, 7) is 1.55. The van der Waals surface area contributed by atoms with Crippen LogP contribution in [0.5, 0.6) is 0 Å². The molecule has 1 aromatic heterocycles. The Morgan fingerprint density at radius 3 is 2.67 bits per heavy atom. The Morgan fingerprint density at radius 1 is 1.27 bits per heavy atom. The van der Waals surface area contributed by atoms with Crippen LogP contribution in [0, 0.1) is 15.9 Å². The second kappa shape index (κ2) is 9.23. The fraction of sp³-hybridized carbons (Fsp3) is 0.150. The Bertz CT molecular complexity index is 1210. The number of fused-ring (bicyclic) bond motifs is 1. The molecule has 0 saturated heterocycles. The number of amides is 1. The van der Waals surface area contributed by atoms with Crippen molar-refractivity contribution in [2.75, 3.05) is 6.61 Å². The molecule has 0 aliphatic rings. The lowest BCUT2D eigenvalue weighted by atomic mass is 10.2. The number of ether oxygens (including phenoxy) is 1. The van der Waals surface area contributed by atoms with Crippen molar-refractivity contribution >= 4 is 45.2 Å². The minimum absolute atomic E-state index is 0.0597. The summed E-state index contributed by atoms with van der Waals surface area (Å²) in [5.41, 5.74) is 0.683. The molecule has 10 heteroatoms. The predicted molar refractivity (Wildman–Crippen MR) is 109 cm³/mol. The van der Waals surface area contributed by atoms with Gasteiger partial charge in [-0.1, -0.05) is 17.4 Å². The maximum Gasteiger partial charge on any atom is 0.326 e. The SMILES string of the molecule is CCOC(=O)Cn1c(=NC(=O)/C=C/c2ccc([N+](=O)[O-])cc2)sc2cccc(F)c21. The van der Waals surface area contributed by atoms with E-state index in [2.05, 4.69) is 4.99 Å². The number of hydrogen-bond donors (Lipinski definition) is 0. The van der Waals surface area contributed by atoms with Crippen LogP contribution in [0.3, 0.4) is 0 Å². The van der Waals surface area contributed by atoms with E-state index in [1.54, 1.807) is 13.0 Å². The number of halogens is 1. The number of thiazole rings is 1. The molecule has 154 valence electrons. The average Bonchev–Trinajstić information content (AvgIpc) is 3.05. The van der Waals surface area contributed by atoms with Crippen LogP contribution < -0.4 is 4.80 Å². The van der Waals surface area contributed by atoms with Gasteiger partial charge in [0.05, 0.1) is 21.7 Å². The van der Waals surface area contributed by atoms with Gasteiger partial charge in [-0.15, -0.1) is 0 Å². The second-order valence-corrected chi connectivity index (χ2v) is 7.00. The highest BCUT2D eigenvalue weighted by atomic mass is 32.1. The van der Waals surface area contributed by atoms with E-state index in [0.717, 1.165) is 11.3 Å². The zero-order valence-corrected chi connectivity index (χ0v) is 16.6. The zero-order chi connectivity index (χ0) is 21.7. The van der Waals surface area contributed by atoms with Crippen LogP contribution >= 0.6 is 11.3 Å². The molecule has 0 unspecified atom stereocenters. The van der Waals surface area contributed by atoms with Crippen molar-refractivity contribution in [3.05, 3.63) is 74.8 Å². The summed E-state index contributed by atoms with van der Waals surface area (Å²) in [5.74, 6) is -1.74. The predicted octanol–water partition coefficient (Wildman–Crippen LogP) is 3.45. The molecule has 0 saturated carbocycles. The Labute approximate surface area is 173 Å². The molecule has 1 amide bonds. The van der Waals surface area contributed by atoms with E-state index in [1.807, 2.05) is 0 Å². The molecule has 0 fully saturated rings. The van der Waals surface area contributed by atoms with E-state index in [4.69, 9.17) is 4.74 Å². The van der Waals surface area contributed by atoms with Gasteiger partial charge in [-0.25, -0.2) is 4.39 Å². The molecule has 0 spiro atoms. The van der Waals surface area contributed by atoms with Crippen molar-refractivity contribution in [3.63, 3.8) is 0 Å². The highest BCUT2D eigenvalue weighted by Gasteiger charge is 2.14. The lowest BCUT2D eigenvalue weighted by Crippen LogP contribution is -2.23. The molecule has 0 atom stereocenters. The van der Waals surface area contributed by atoms with Gasteiger partial charge in [-0.05, 0) is 42.8 Å². The molecular weight excluding hydrogens is 413 g/mol. The Balaban J connectivity index is 1.94. The summed E-state index contributed by atoms with van der Waals surface area (Å²) in [5, 5.41) is 10.7. The fourth-order valence-electron chi connectivity index (χ4n) is 2.66. The van der Waals surface area contributed by atoms with E-state index in [1.165, 1.54) is 53.1 Å². The summed E-state index contributed by atoms with van der Waals surface area (Å²) in [7, 11) is 0. The third-order valence-corrected chi connectivity index (χ3v) is 5.02. The van der Waals surface area contributed by atoms with Crippen molar-refractivity contribution in [1.82, 2.24) is 4.57 Å². The number of carbonyl (C=O) groups is 2. The first kappa shape index (κ1) is 21.1. The molecule has 0 aliphatic carbocycles. The maximum atomic E-state index is 14.3. The largest absolute Gasteiger partial charge is 0.465 e. The summed E-state index contributed by atoms with van der Waals surface area (Å²) in [6, 6.07) is 10.1. The van der Waals surface area contributed by atoms with Gasteiger partial charge in [0, 0.05) is 18.2 Å². The summed E-state index contributed by atoms with van der Waals surface area (Å²) in [6.07, 6.45) is 2.65. The van der Waals surface area contributed by atoms with Crippen LogP contribution in [0.15, 0.2) is 53.5 Å². The van der Waals surface area contributed by atoms with Crippen LogP contribution in [0.4, 0.5) is 10.1 Å². The van der Waals surface area contributed by atoms with Gasteiger partial charge < -0.3 is 9.30 Å². The van der Waals surface area contributed by atoms with Crippen molar-refractivity contribution < 1.29 is 23.6 Å². The number of rotatable bonds is 6. The van der Waals surface area contributed by atoms with Gasteiger partial charge in [-0.3, -0.25) is 19.7 Å². The van der Waals surface area contributed by atoms with Crippen LogP contribution in [0.2, 0.25) is 0 Å². The molecule has 2 aromatic carbocycles. The topological polar surface area (TPSA) is 104 Å². The van der Waals surface area contributed by atoms with Crippen molar-refractivity contribution in [2.45, 2.75) is 13.5 Å². The Hall–Kier alpha value is -3.66. The zero-order valence-electron chi connectivity index (χ0n) is 15.8. The number of aromatic nitrogens is 1. The van der Waals surface area contributed by atoms with Gasteiger partial charge >= 0.3 is 5.97 Å². The van der Waals surface area contributed by atoms with E-state index >= 15 is 0 Å². The van der Waals surface area contributed by atoms with Crippen molar-refractivity contribution in [3.8, 4) is 0 Å². The number of nitrogens with zero attached hydrogens (tertiary/aromatic N) is 3. The van der Waals surface area contributed by atoms with Crippen LogP contribution in [0.1, 0.15) is 12.5 Å². The van der Waals surface area contributed by atoms with Crippen LogP contribution in [-0.4, -0.2) is 28.0 Å². The quantitative estimate of drug-likeness (QED) is 0.258. The maximum absolute atomic E-state index is 14.3. The minimum Gasteiger partial charge on any atom is -0.465 e. The second-order valence-electron chi connectivity index (χ2n) is 5.99. The first-order chi connectivity index (χ1) is 14.4. The number of nitro groups is 1. The van der Waals surface area contributed by atoms with E-state index < -0.39 is 22.6 Å². The lowest BCUT2D eigenvalue weighted by molar-refractivity contribution is -0.384. The molecule has 1 heterocycles. The van der Waals surface area contributed by atoms with Crippen molar-refractivity contribution in [2.24, 2.45) is 4.99 Å². The summed E-state index contributed by atoms with van der Waals surface area (Å²) in [4.78, 5) is 38.6. The molecule has 30 heavy (non-hydrogen) atoms. The molecular formula is C20H16FN3O5S. The number of benzene rings is 2. The van der Waals surface area contributed by atoms with Gasteiger partial charge in [0.1, 0.15) is 12.4 Å². The van der Waals surface area contributed by atoms with Crippen LogP contribution in [0.25, 0.3) is 16.3 Å². The third kappa shape index (κ3) is 4.84. The monoisotopic (exact) mass is 429 g/mol. The Kier molecular flexibility index (Phi) is 6.48.